The van der Waals surface area contributed by atoms with Crippen LogP contribution >= 0.6 is 11.6 Å². The number of aliphatic hydroxyl groups is 1. The van der Waals surface area contributed by atoms with Gasteiger partial charge in [-0.05, 0) is 61.1 Å². The fourth-order valence-electron chi connectivity index (χ4n) is 5.62. The molecule has 1 saturated heterocycles. The highest BCUT2D eigenvalue weighted by Crippen LogP contribution is 2.44. The topological polar surface area (TPSA) is 91.3 Å². The molecule has 0 radical (unpaired) electrons. The number of phenols is 1. The van der Waals surface area contributed by atoms with E-state index in [1.807, 2.05) is 12.1 Å². The smallest absolute Gasteiger partial charge is 0.255 e. The van der Waals surface area contributed by atoms with Crippen molar-refractivity contribution in [3.63, 3.8) is 0 Å². The number of likely N-dealkylation sites (tertiary alicyclic amines) is 1. The number of piperidine rings is 1. The van der Waals surface area contributed by atoms with Gasteiger partial charge in [0.05, 0.1) is 17.8 Å². The molecule has 5 rings (SSSR count). The molecular formula is C27H33ClN2O5. The highest BCUT2D eigenvalue weighted by atomic mass is 35.5. The maximum atomic E-state index is 12.8. The molecule has 8 heteroatoms. The Morgan fingerprint density at radius 2 is 1.97 bits per heavy atom. The number of halogens is 1. The third kappa shape index (κ3) is 5.43. The van der Waals surface area contributed by atoms with Gasteiger partial charge in [-0.15, -0.1) is 0 Å². The molecule has 1 atom stereocenters. The molecule has 0 unspecified atom stereocenters. The summed E-state index contributed by atoms with van der Waals surface area (Å²) >= 11 is 6.14. The lowest BCUT2D eigenvalue weighted by Crippen LogP contribution is -2.46. The average Bonchev–Trinajstić information content (AvgIpc) is 3.47. The van der Waals surface area contributed by atoms with Crippen molar-refractivity contribution in [2.75, 3.05) is 26.2 Å². The van der Waals surface area contributed by atoms with Crippen LogP contribution in [0.1, 0.15) is 60.0 Å². The Hall–Kier alpha value is -2.32. The van der Waals surface area contributed by atoms with E-state index in [1.165, 1.54) is 23.3 Å². The van der Waals surface area contributed by atoms with Crippen LogP contribution in [0.25, 0.3) is 0 Å². The number of β-amino-alcohol motifs (C(OH)–C–C–N with tert-alkyl or cyclic N) is 1. The molecule has 7 nitrogen and oxygen atoms in total. The number of hydrogen-bond acceptors (Lipinski definition) is 6. The van der Waals surface area contributed by atoms with Crippen molar-refractivity contribution in [3.05, 3.63) is 58.1 Å². The van der Waals surface area contributed by atoms with E-state index < -0.39 is 6.10 Å². The number of nitrogens with one attached hydrogen (secondary N) is 1. The Labute approximate surface area is 211 Å². The van der Waals surface area contributed by atoms with Crippen LogP contribution in [0.5, 0.6) is 11.5 Å². The molecule has 2 aromatic rings. The number of ether oxygens (including phenoxy) is 2. The van der Waals surface area contributed by atoms with Crippen LogP contribution in [0.2, 0.25) is 5.02 Å². The third-order valence-electron chi connectivity index (χ3n) is 7.53. The molecule has 3 N–H and O–H groups in total. The number of nitrogens with zero attached hydrogens (tertiary/aromatic N) is 1. The van der Waals surface area contributed by atoms with Gasteiger partial charge in [-0.1, -0.05) is 30.5 Å². The SMILES string of the molecule is O=C(NC1CCCC1)c1ccc(O)cc1OC[C@@H](O)CN1CCC2(CC1)OCc1cc(Cl)ccc12. The van der Waals surface area contributed by atoms with Crippen molar-refractivity contribution >= 4 is 17.5 Å². The zero-order valence-electron chi connectivity index (χ0n) is 19.8. The summed E-state index contributed by atoms with van der Waals surface area (Å²) in [5.74, 6) is 0.0963. The van der Waals surface area contributed by atoms with Crippen LogP contribution in [0.3, 0.4) is 0 Å². The molecule has 2 aliphatic heterocycles. The normalized spacial score (nSPS) is 20.6. The molecule has 1 saturated carbocycles. The molecule has 1 amide bonds. The number of amides is 1. The Balaban J connectivity index is 1.14. The van der Waals surface area contributed by atoms with Gasteiger partial charge >= 0.3 is 0 Å². The van der Waals surface area contributed by atoms with Gasteiger partial charge in [0, 0.05) is 36.8 Å². The number of rotatable bonds is 7. The fourth-order valence-corrected chi connectivity index (χ4v) is 5.81. The summed E-state index contributed by atoms with van der Waals surface area (Å²) in [4.78, 5) is 15.0. The first-order valence-electron chi connectivity index (χ1n) is 12.5. The Morgan fingerprint density at radius 1 is 1.20 bits per heavy atom. The number of carbonyl (C=O) groups is 1. The predicted molar refractivity (Wildman–Crippen MR) is 133 cm³/mol. The van der Waals surface area contributed by atoms with E-state index in [0.717, 1.165) is 56.6 Å². The molecular weight excluding hydrogens is 468 g/mol. The molecule has 2 fully saturated rings. The summed E-state index contributed by atoms with van der Waals surface area (Å²) in [6, 6.07) is 10.7. The Bertz CT molecular complexity index is 1060. The van der Waals surface area contributed by atoms with E-state index in [1.54, 1.807) is 6.07 Å². The lowest BCUT2D eigenvalue weighted by molar-refractivity contribution is -0.0835. The maximum absolute atomic E-state index is 12.8. The number of fused-ring (bicyclic) bond motifs is 2. The minimum atomic E-state index is -0.729. The van der Waals surface area contributed by atoms with Gasteiger partial charge < -0.3 is 29.9 Å². The van der Waals surface area contributed by atoms with Crippen LogP contribution in [-0.4, -0.2) is 59.4 Å². The van der Waals surface area contributed by atoms with Gasteiger partial charge in [-0.2, -0.15) is 0 Å². The molecule has 0 aromatic heterocycles. The summed E-state index contributed by atoms with van der Waals surface area (Å²) in [7, 11) is 0. The number of benzene rings is 2. The van der Waals surface area contributed by atoms with Crippen LogP contribution in [0, 0.1) is 0 Å². The monoisotopic (exact) mass is 500 g/mol. The molecule has 1 aliphatic carbocycles. The van der Waals surface area contributed by atoms with Gasteiger partial charge in [0.25, 0.3) is 5.91 Å². The second-order valence-electron chi connectivity index (χ2n) is 9.99. The van der Waals surface area contributed by atoms with E-state index >= 15 is 0 Å². The zero-order valence-corrected chi connectivity index (χ0v) is 20.6. The van der Waals surface area contributed by atoms with Crippen molar-refractivity contribution < 1.29 is 24.5 Å². The number of carbonyl (C=O) groups excluding carboxylic acids is 1. The standard InChI is InChI=1S/C27H33ClN2O5/c28-19-5-8-24-18(13-19)16-35-27(24)9-11-30(12-10-27)15-22(32)17-34-25-14-21(31)6-7-23(25)26(33)29-20-3-1-2-4-20/h5-8,13-14,20,22,31-32H,1-4,9-12,15-17H2,(H,29,33)/t22-/m0/s1. The Morgan fingerprint density at radius 3 is 2.74 bits per heavy atom. The molecule has 2 aromatic carbocycles. The minimum absolute atomic E-state index is 0.0198. The lowest BCUT2D eigenvalue weighted by atomic mass is 9.84. The average molecular weight is 501 g/mol. The molecule has 35 heavy (non-hydrogen) atoms. The summed E-state index contributed by atoms with van der Waals surface area (Å²) in [6.07, 6.45) is 5.20. The van der Waals surface area contributed by atoms with E-state index in [0.29, 0.717) is 18.7 Å². The number of phenolic OH excluding ortho intramolecular Hbond substituents is 1. The third-order valence-corrected chi connectivity index (χ3v) is 7.76. The zero-order chi connectivity index (χ0) is 24.4. The highest BCUT2D eigenvalue weighted by Gasteiger charge is 2.42. The van der Waals surface area contributed by atoms with Crippen LogP contribution in [0.4, 0.5) is 0 Å². The van der Waals surface area contributed by atoms with Crippen molar-refractivity contribution in [3.8, 4) is 11.5 Å². The summed E-state index contributed by atoms with van der Waals surface area (Å²) in [5.41, 5.74) is 2.51. The van der Waals surface area contributed by atoms with E-state index in [-0.39, 0.29) is 35.7 Å². The van der Waals surface area contributed by atoms with Crippen LogP contribution < -0.4 is 10.1 Å². The largest absolute Gasteiger partial charge is 0.508 e. The van der Waals surface area contributed by atoms with Crippen molar-refractivity contribution in [1.82, 2.24) is 10.2 Å². The van der Waals surface area contributed by atoms with Crippen molar-refractivity contribution in [2.45, 2.75) is 62.9 Å². The Kier molecular flexibility index (Phi) is 7.21. The summed E-state index contributed by atoms with van der Waals surface area (Å²) in [5, 5.41) is 24.4. The minimum Gasteiger partial charge on any atom is -0.508 e. The molecule has 188 valence electrons. The maximum Gasteiger partial charge on any atom is 0.255 e. The lowest BCUT2D eigenvalue weighted by Gasteiger charge is -2.39. The van der Waals surface area contributed by atoms with E-state index in [4.69, 9.17) is 21.1 Å². The van der Waals surface area contributed by atoms with Crippen LogP contribution in [-0.2, 0) is 16.9 Å². The van der Waals surface area contributed by atoms with Gasteiger partial charge in [0.15, 0.2) is 0 Å². The molecule has 2 heterocycles. The number of hydrogen-bond donors (Lipinski definition) is 3. The van der Waals surface area contributed by atoms with Gasteiger partial charge in [-0.25, -0.2) is 0 Å². The van der Waals surface area contributed by atoms with Crippen molar-refractivity contribution in [1.29, 1.82) is 0 Å². The molecule has 0 bridgehead atoms. The summed E-state index contributed by atoms with van der Waals surface area (Å²) in [6.45, 7) is 2.70. The van der Waals surface area contributed by atoms with Gasteiger partial charge in [0.1, 0.15) is 24.2 Å². The number of aromatic hydroxyl groups is 1. The second kappa shape index (κ2) is 10.3. The van der Waals surface area contributed by atoms with Crippen LogP contribution in [0.15, 0.2) is 36.4 Å². The van der Waals surface area contributed by atoms with Gasteiger partial charge in [-0.3, -0.25) is 4.79 Å². The molecule has 1 spiro atoms. The first-order valence-corrected chi connectivity index (χ1v) is 12.9. The quantitative estimate of drug-likeness (QED) is 0.532. The van der Waals surface area contributed by atoms with E-state index in [9.17, 15) is 15.0 Å². The molecule has 3 aliphatic rings. The van der Waals surface area contributed by atoms with Crippen molar-refractivity contribution in [2.24, 2.45) is 0 Å². The highest BCUT2D eigenvalue weighted by molar-refractivity contribution is 6.30. The first-order chi connectivity index (χ1) is 16.9. The summed E-state index contributed by atoms with van der Waals surface area (Å²) < 4.78 is 12.0. The second-order valence-corrected chi connectivity index (χ2v) is 10.4. The first kappa shape index (κ1) is 24.4. The van der Waals surface area contributed by atoms with E-state index in [2.05, 4.69) is 16.3 Å². The fraction of sp³-hybridized carbons (Fsp3) is 0.519. The number of aliphatic hydroxyl groups excluding tert-OH is 1. The predicted octanol–water partition coefficient (Wildman–Crippen LogP) is 3.98. The van der Waals surface area contributed by atoms with Gasteiger partial charge in [0.2, 0.25) is 0 Å².